The Labute approximate surface area is 184 Å². The molecule has 156 valence electrons. The zero-order valence-electron chi connectivity index (χ0n) is 17.1. The second-order valence-electron chi connectivity index (χ2n) is 7.81. The lowest BCUT2D eigenvalue weighted by Gasteiger charge is -2.30. The third-order valence-electron chi connectivity index (χ3n) is 5.24. The van der Waals surface area contributed by atoms with Crippen molar-refractivity contribution in [3.63, 3.8) is 0 Å². The number of nitrogens with zero attached hydrogens (tertiary/aromatic N) is 2. The van der Waals surface area contributed by atoms with Gasteiger partial charge in [0.25, 0.3) is 0 Å². The van der Waals surface area contributed by atoms with E-state index in [-0.39, 0.29) is 24.0 Å². The first-order valence-electron chi connectivity index (χ1n) is 10.1. The highest BCUT2D eigenvalue weighted by Gasteiger charge is 2.22. The van der Waals surface area contributed by atoms with Crippen LogP contribution in [0.2, 0.25) is 0 Å². The highest BCUT2D eigenvalue weighted by molar-refractivity contribution is 14.0. The van der Waals surface area contributed by atoms with Gasteiger partial charge in [-0.05, 0) is 36.8 Å². The van der Waals surface area contributed by atoms with Crippen LogP contribution in [0.25, 0.3) is 0 Å². The third-order valence-corrected chi connectivity index (χ3v) is 5.24. The lowest BCUT2D eigenvalue weighted by Crippen LogP contribution is -2.47. The molecule has 0 spiro atoms. The molecule has 0 amide bonds. The van der Waals surface area contributed by atoms with Gasteiger partial charge in [-0.1, -0.05) is 38.8 Å². The summed E-state index contributed by atoms with van der Waals surface area (Å²) in [6.45, 7) is 7.80. The van der Waals surface area contributed by atoms with E-state index in [0.717, 1.165) is 36.1 Å². The van der Waals surface area contributed by atoms with Gasteiger partial charge in [-0.2, -0.15) is 0 Å². The monoisotopic (exact) mass is 500 g/mol. The number of hydrogen-bond donors (Lipinski definition) is 2. The zero-order chi connectivity index (χ0) is 19.1. The Kier molecular flexibility index (Phi) is 9.34. The summed E-state index contributed by atoms with van der Waals surface area (Å²) >= 11 is 0. The zero-order valence-corrected chi connectivity index (χ0v) is 19.4. The molecular formula is C21H33IN4O2. The maximum atomic E-state index is 5.42. The molecule has 1 saturated carbocycles. The van der Waals surface area contributed by atoms with E-state index in [9.17, 15) is 0 Å². The molecule has 0 saturated heterocycles. The first-order chi connectivity index (χ1) is 13.1. The highest BCUT2D eigenvalue weighted by Crippen LogP contribution is 2.23. The van der Waals surface area contributed by atoms with E-state index in [1.165, 1.54) is 25.7 Å². The number of aromatic nitrogens is 1. The fraction of sp³-hybridized carbons (Fsp3) is 0.619. The number of aliphatic imine (C=N–C) groups is 1. The van der Waals surface area contributed by atoms with Gasteiger partial charge < -0.3 is 19.6 Å². The average Bonchev–Trinajstić information content (AvgIpc) is 3.33. The van der Waals surface area contributed by atoms with E-state index < -0.39 is 0 Å². The number of nitrogens with one attached hydrogen (secondary N) is 2. The minimum atomic E-state index is 0. The third kappa shape index (κ3) is 6.83. The summed E-state index contributed by atoms with van der Waals surface area (Å²) in [5.41, 5.74) is 0.974. The van der Waals surface area contributed by atoms with Gasteiger partial charge in [0, 0.05) is 25.1 Å². The summed E-state index contributed by atoms with van der Waals surface area (Å²) in [7, 11) is 0. The molecule has 2 heterocycles. The van der Waals surface area contributed by atoms with Crippen LogP contribution in [0.15, 0.2) is 38.4 Å². The molecule has 7 heteroatoms. The van der Waals surface area contributed by atoms with Crippen LogP contribution in [0.3, 0.4) is 0 Å². The number of hydrogen-bond acceptors (Lipinski definition) is 4. The van der Waals surface area contributed by atoms with Gasteiger partial charge >= 0.3 is 0 Å². The molecule has 1 fully saturated rings. The van der Waals surface area contributed by atoms with Crippen LogP contribution in [0.1, 0.15) is 69.6 Å². The van der Waals surface area contributed by atoms with E-state index in [2.05, 4.69) is 36.6 Å². The Morgan fingerprint density at radius 3 is 2.79 bits per heavy atom. The Morgan fingerprint density at radius 2 is 2.11 bits per heavy atom. The molecule has 1 aliphatic carbocycles. The molecule has 28 heavy (non-hydrogen) atoms. The van der Waals surface area contributed by atoms with Crippen LogP contribution < -0.4 is 10.6 Å². The Morgan fingerprint density at radius 1 is 1.29 bits per heavy atom. The minimum absolute atomic E-state index is 0. The van der Waals surface area contributed by atoms with Gasteiger partial charge in [-0.3, -0.25) is 0 Å². The van der Waals surface area contributed by atoms with E-state index in [1.807, 2.05) is 18.2 Å². The SMILES string of the molecule is CC(C)c1cc(CN=C(NCCc2ccco2)NC2CCCCC2C)on1.I. The molecule has 0 bridgehead atoms. The smallest absolute Gasteiger partial charge is 0.191 e. The number of halogens is 1. The molecule has 0 aliphatic heterocycles. The summed E-state index contributed by atoms with van der Waals surface area (Å²) < 4.78 is 10.8. The Balaban J connectivity index is 0.00000280. The molecule has 2 N–H and O–H groups in total. The van der Waals surface area contributed by atoms with Crippen molar-refractivity contribution in [2.24, 2.45) is 10.9 Å². The van der Waals surface area contributed by atoms with Gasteiger partial charge in [0.05, 0.1) is 12.0 Å². The molecule has 2 atom stereocenters. The van der Waals surface area contributed by atoms with Crippen molar-refractivity contribution < 1.29 is 8.94 Å². The lowest BCUT2D eigenvalue weighted by molar-refractivity contribution is 0.306. The molecule has 2 aromatic heterocycles. The summed E-state index contributed by atoms with van der Waals surface area (Å²) in [4.78, 5) is 4.74. The predicted molar refractivity (Wildman–Crippen MR) is 122 cm³/mol. The quantitative estimate of drug-likeness (QED) is 0.323. The van der Waals surface area contributed by atoms with Crippen LogP contribution in [0.4, 0.5) is 0 Å². The van der Waals surface area contributed by atoms with Crippen LogP contribution in [-0.2, 0) is 13.0 Å². The van der Waals surface area contributed by atoms with Crippen molar-refractivity contribution in [3.8, 4) is 0 Å². The van der Waals surface area contributed by atoms with Gasteiger partial charge in [0.15, 0.2) is 11.7 Å². The van der Waals surface area contributed by atoms with Crippen molar-refractivity contribution in [2.75, 3.05) is 6.54 Å². The standard InChI is InChI=1S/C21H32N4O2.HI/c1-15(2)20-13-18(27-25-20)14-23-21(22-11-10-17-8-6-12-26-17)24-19-9-5-4-7-16(19)3;/h6,8,12-13,15-16,19H,4-5,7,9-11,14H2,1-3H3,(H2,22,23,24);1H. The number of rotatable bonds is 7. The van der Waals surface area contributed by atoms with Crippen molar-refractivity contribution >= 4 is 29.9 Å². The summed E-state index contributed by atoms with van der Waals surface area (Å²) in [5.74, 6) is 3.63. The van der Waals surface area contributed by atoms with E-state index in [1.54, 1.807) is 6.26 Å². The topological polar surface area (TPSA) is 75.6 Å². The maximum absolute atomic E-state index is 5.42. The van der Waals surface area contributed by atoms with Crippen molar-refractivity contribution in [1.29, 1.82) is 0 Å². The number of guanidine groups is 1. The van der Waals surface area contributed by atoms with Crippen molar-refractivity contribution in [2.45, 2.75) is 71.4 Å². The molecule has 0 aromatic carbocycles. The van der Waals surface area contributed by atoms with Crippen molar-refractivity contribution in [3.05, 3.63) is 41.7 Å². The van der Waals surface area contributed by atoms with Crippen LogP contribution in [0, 0.1) is 5.92 Å². The minimum Gasteiger partial charge on any atom is -0.469 e. The van der Waals surface area contributed by atoms with Crippen molar-refractivity contribution in [1.82, 2.24) is 15.8 Å². The second kappa shape index (κ2) is 11.5. The first kappa shape index (κ1) is 22.8. The highest BCUT2D eigenvalue weighted by atomic mass is 127. The average molecular weight is 500 g/mol. The van der Waals surface area contributed by atoms with E-state index in [4.69, 9.17) is 13.9 Å². The van der Waals surface area contributed by atoms with Crippen LogP contribution in [0.5, 0.6) is 0 Å². The normalized spacial score (nSPS) is 20.1. The van der Waals surface area contributed by atoms with Crippen LogP contribution in [-0.4, -0.2) is 23.7 Å². The first-order valence-corrected chi connectivity index (χ1v) is 10.1. The fourth-order valence-electron chi connectivity index (χ4n) is 3.45. The molecule has 0 radical (unpaired) electrons. The maximum Gasteiger partial charge on any atom is 0.191 e. The molecule has 2 aromatic rings. The Hall–Kier alpha value is -1.51. The summed E-state index contributed by atoms with van der Waals surface area (Å²) in [6.07, 6.45) is 7.61. The van der Waals surface area contributed by atoms with Gasteiger partial charge in [0.1, 0.15) is 12.3 Å². The summed E-state index contributed by atoms with van der Waals surface area (Å²) in [6, 6.07) is 6.38. The van der Waals surface area contributed by atoms with Crippen LogP contribution >= 0.6 is 24.0 Å². The second-order valence-corrected chi connectivity index (χ2v) is 7.81. The molecular weight excluding hydrogens is 467 g/mol. The van der Waals surface area contributed by atoms with Gasteiger partial charge in [-0.15, -0.1) is 24.0 Å². The largest absolute Gasteiger partial charge is 0.469 e. The molecule has 6 nitrogen and oxygen atoms in total. The molecule has 2 unspecified atom stereocenters. The molecule has 3 rings (SSSR count). The van der Waals surface area contributed by atoms with E-state index >= 15 is 0 Å². The molecule has 1 aliphatic rings. The Bertz CT molecular complexity index is 712. The fourth-order valence-corrected chi connectivity index (χ4v) is 3.45. The summed E-state index contributed by atoms with van der Waals surface area (Å²) in [5, 5.41) is 11.2. The predicted octanol–water partition coefficient (Wildman–Crippen LogP) is 4.87. The van der Waals surface area contributed by atoms with Gasteiger partial charge in [-0.25, -0.2) is 4.99 Å². The lowest BCUT2D eigenvalue weighted by atomic mass is 9.86. The van der Waals surface area contributed by atoms with E-state index in [0.29, 0.717) is 24.4 Å². The van der Waals surface area contributed by atoms with Gasteiger partial charge in [0.2, 0.25) is 0 Å². The number of furan rings is 1.